The summed E-state index contributed by atoms with van der Waals surface area (Å²) in [5, 5.41) is 9.31. The Balaban J connectivity index is 1.80. The highest BCUT2D eigenvalue weighted by Gasteiger charge is 2.35. The number of nitrogens with zero attached hydrogens (tertiary/aromatic N) is 2. The maximum absolute atomic E-state index is 12.4. The number of pyridine rings is 1. The molecule has 0 radical (unpaired) electrons. The molecule has 2 aromatic rings. The molecule has 120 valence electrons. The molecular formula is C19H15BrN2O2. The Morgan fingerprint density at radius 2 is 2.00 bits per heavy atom. The second-order valence-electron chi connectivity index (χ2n) is 5.63. The molecule has 0 amide bonds. The molecule has 0 aliphatic heterocycles. The highest BCUT2D eigenvalue weighted by Crippen LogP contribution is 2.43. The topological polar surface area (TPSA) is 63.0 Å². The molecule has 0 N–H and O–H groups in total. The van der Waals surface area contributed by atoms with Crippen LogP contribution in [0.25, 0.3) is 6.08 Å². The number of esters is 1. The van der Waals surface area contributed by atoms with E-state index >= 15 is 0 Å². The SMILES string of the molecule is N#CC(=Cc1cccc(Br)n1)C(=O)O[C@H](c1ccccc1)C1CC1. The van der Waals surface area contributed by atoms with Crippen molar-refractivity contribution in [1.82, 2.24) is 4.98 Å². The van der Waals surface area contributed by atoms with Gasteiger partial charge in [-0.2, -0.15) is 5.26 Å². The van der Waals surface area contributed by atoms with Gasteiger partial charge in [0.2, 0.25) is 0 Å². The summed E-state index contributed by atoms with van der Waals surface area (Å²) in [6.45, 7) is 0. The summed E-state index contributed by atoms with van der Waals surface area (Å²) in [7, 11) is 0. The first-order valence-electron chi connectivity index (χ1n) is 7.67. The highest BCUT2D eigenvalue weighted by atomic mass is 79.9. The van der Waals surface area contributed by atoms with Crippen LogP contribution in [0.2, 0.25) is 0 Å². The minimum atomic E-state index is -0.611. The average molecular weight is 383 g/mol. The van der Waals surface area contributed by atoms with Crippen LogP contribution in [-0.4, -0.2) is 11.0 Å². The summed E-state index contributed by atoms with van der Waals surface area (Å²) in [6, 6.07) is 16.9. The summed E-state index contributed by atoms with van der Waals surface area (Å²) in [5.41, 5.74) is 1.44. The molecule has 5 heteroatoms. The van der Waals surface area contributed by atoms with Gasteiger partial charge in [-0.25, -0.2) is 9.78 Å². The molecule has 1 saturated carbocycles. The molecule has 1 heterocycles. The summed E-state index contributed by atoms with van der Waals surface area (Å²) in [5.74, 6) is -0.277. The van der Waals surface area contributed by atoms with Gasteiger partial charge < -0.3 is 4.74 Å². The maximum Gasteiger partial charge on any atom is 0.349 e. The Hall–Kier alpha value is -2.45. The third-order valence-corrected chi connectivity index (χ3v) is 4.22. The van der Waals surface area contributed by atoms with Gasteiger partial charge in [0.15, 0.2) is 0 Å². The molecule has 1 aromatic heterocycles. The van der Waals surface area contributed by atoms with Crippen molar-refractivity contribution in [2.75, 3.05) is 0 Å². The number of rotatable bonds is 5. The van der Waals surface area contributed by atoms with E-state index in [2.05, 4.69) is 20.9 Å². The second kappa shape index (κ2) is 7.41. The lowest BCUT2D eigenvalue weighted by molar-refractivity contribution is -0.145. The first kappa shape index (κ1) is 16.4. The predicted octanol–water partition coefficient (Wildman–Crippen LogP) is 4.45. The molecule has 1 aromatic carbocycles. The average Bonchev–Trinajstić information content (AvgIpc) is 3.43. The lowest BCUT2D eigenvalue weighted by atomic mass is 10.1. The van der Waals surface area contributed by atoms with Crippen LogP contribution >= 0.6 is 15.9 Å². The fraction of sp³-hybridized carbons (Fsp3) is 0.211. The summed E-state index contributed by atoms with van der Waals surface area (Å²) < 4.78 is 6.29. The molecule has 0 spiro atoms. The Labute approximate surface area is 148 Å². The Morgan fingerprint density at radius 1 is 1.25 bits per heavy atom. The lowest BCUT2D eigenvalue weighted by Crippen LogP contribution is -2.14. The largest absolute Gasteiger partial charge is 0.453 e. The number of hydrogen-bond acceptors (Lipinski definition) is 4. The fourth-order valence-electron chi connectivity index (χ4n) is 2.45. The number of hydrogen-bond donors (Lipinski definition) is 0. The van der Waals surface area contributed by atoms with E-state index in [9.17, 15) is 10.1 Å². The summed E-state index contributed by atoms with van der Waals surface area (Å²) >= 11 is 3.27. The van der Waals surface area contributed by atoms with E-state index in [4.69, 9.17) is 4.74 Å². The van der Waals surface area contributed by atoms with Gasteiger partial charge in [0, 0.05) is 5.92 Å². The van der Waals surface area contributed by atoms with Crippen LogP contribution in [0.4, 0.5) is 0 Å². The van der Waals surface area contributed by atoms with E-state index < -0.39 is 5.97 Å². The van der Waals surface area contributed by atoms with Gasteiger partial charge in [0.05, 0.1) is 5.69 Å². The Morgan fingerprint density at radius 3 is 2.62 bits per heavy atom. The molecule has 0 unspecified atom stereocenters. The second-order valence-corrected chi connectivity index (χ2v) is 6.44. The van der Waals surface area contributed by atoms with Gasteiger partial charge in [0.25, 0.3) is 0 Å². The Bertz CT molecular complexity index is 808. The number of ether oxygens (including phenoxy) is 1. The zero-order chi connectivity index (χ0) is 16.9. The molecule has 1 aliphatic carbocycles. The number of aromatic nitrogens is 1. The van der Waals surface area contributed by atoms with E-state index in [0.29, 0.717) is 16.2 Å². The van der Waals surface area contributed by atoms with Gasteiger partial charge >= 0.3 is 5.97 Å². The molecule has 3 rings (SSSR count). The van der Waals surface area contributed by atoms with Gasteiger partial charge in [-0.15, -0.1) is 0 Å². The van der Waals surface area contributed by atoms with Gasteiger partial charge in [-0.1, -0.05) is 36.4 Å². The molecule has 4 nitrogen and oxygen atoms in total. The van der Waals surface area contributed by atoms with Crippen LogP contribution in [0, 0.1) is 17.2 Å². The molecule has 1 atom stereocenters. The standard InChI is InChI=1S/C19H15BrN2O2/c20-17-8-4-7-16(22-17)11-15(12-21)19(23)24-18(14-9-10-14)13-5-2-1-3-6-13/h1-8,11,14,18H,9-10H2/t18-/m1/s1. The van der Waals surface area contributed by atoms with E-state index in [-0.39, 0.29) is 11.7 Å². The van der Waals surface area contributed by atoms with Crippen LogP contribution in [0.5, 0.6) is 0 Å². The third kappa shape index (κ3) is 4.09. The van der Waals surface area contributed by atoms with Crippen molar-refractivity contribution in [3.05, 3.63) is 70.0 Å². The number of carbonyl (C=O) groups is 1. The van der Waals surface area contributed by atoms with Crippen molar-refractivity contribution in [2.45, 2.75) is 18.9 Å². The highest BCUT2D eigenvalue weighted by molar-refractivity contribution is 9.10. The van der Waals surface area contributed by atoms with Crippen molar-refractivity contribution in [3.63, 3.8) is 0 Å². The number of benzene rings is 1. The first-order chi connectivity index (χ1) is 11.7. The van der Waals surface area contributed by atoms with Gasteiger partial charge in [0.1, 0.15) is 22.3 Å². The number of nitriles is 1. The normalized spacial score (nSPS) is 15.4. The Kier molecular flexibility index (Phi) is 5.07. The molecule has 24 heavy (non-hydrogen) atoms. The number of carbonyl (C=O) groups excluding carboxylic acids is 1. The first-order valence-corrected chi connectivity index (χ1v) is 8.47. The van der Waals surface area contributed by atoms with Crippen molar-refractivity contribution in [1.29, 1.82) is 5.26 Å². The molecule has 1 aliphatic rings. The molecule has 0 saturated heterocycles. The van der Waals surface area contributed by atoms with E-state index in [0.717, 1.165) is 18.4 Å². The van der Waals surface area contributed by atoms with Crippen molar-refractivity contribution in [2.24, 2.45) is 5.92 Å². The lowest BCUT2D eigenvalue weighted by Gasteiger charge is -2.17. The minimum absolute atomic E-state index is 0.0535. The van der Waals surface area contributed by atoms with Crippen molar-refractivity contribution >= 4 is 28.0 Å². The third-order valence-electron chi connectivity index (χ3n) is 3.78. The number of halogens is 1. The zero-order valence-electron chi connectivity index (χ0n) is 12.9. The van der Waals surface area contributed by atoms with Crippen molar-refractivity contribution in [3.8, 4) is 6.07 Å². The molecular weight excluding hydrogens is 368 g/mol. The fourth-order valence-corrected chi connectivity index (χ4v) is 2.80. The monoisotopic (exact) mass is 382 g/mol. The van der Waals surface area contributed by atoms with Crippen LogP contribution in [0.3, 0.4) is 0 Å². The van der Waals surface area contributed by atoms with Crippen LogP contribution < -0.4 is 0 Å². The van der Waals surface area contributed by atoms with Crippen LogP contribution in [0.15, 0.2) is 58.7 Å². The maximum atomic E-state index is 12.4. The van der Waals surface area contributed by atoms with E-state index in [1.54, 1.807) is 18.2 Å². The predicted molar refractivity (Wildman–Crippen MR) is 93.5 cm³/mol. The summed E-state index contributed by atoms with van der Waals surface area (Å²) in [6.07, 6.45) is 3.21. The van der Waals surface area contributed by atoms with Gasteiger partial charge in [-0.3, -0.25) is 0 Å². The van der Waals surface area contributed by atoms with Crippen molar-refractivity contribution < 1.29 is 9.53 Å². The van der Waals surface area contributed by atoms with Crippen LogP contribution in [0.1, 0.15) is 30.2 Å². The van der Waals surface area contributed by atoms with Crippen LogP contribution in [-0.2, 0) is 9.53 Å². The zero-order valence-corrected chi connectivity index (χ0v) is 14.4. The van der Waals surface area contributed by atoms with E-state index in [1.165, 1.54) is 6.08 Å². The molecule has 0 bridgehead atoms. The molecule has 1 fully saturated rings. The van der Waals surface area contributed by atoms with Gasteiger partial charge in [-0.05, 0) is 52.5 Å². The smallest absolute Gasteiger partial charge is 0.349 e. The quantitative estimate of drug-likeness (QED) is 0.331. The summed E-state index contributed by atoms with van der Waals surface area (Å²) in [4.78, 5) is 16.6. The minimum Gasteiger partial charge on any atom is -0.453 e. The van der Waals surface area contributed by atoms with E-state index in [1.807, 2.05) is 36.4 Å².